The molecule has 0 saturated heterocycles. The molecule has 0 saturated carbocycles. The molecular formula is C26H22IN3O4. The lowest BCUT2D eigenvalue weighted by Crippen LogP contribution is -2.20. The van der Waals surface area contributed by atoms with E-state index in [1.807, 2.05) is 48.5 Å². The van der Waals surface area contributed by atoms with E-state index in [1.54, 1.807) is 44.3 Å². The Labute approximate surface area is 210 Å². The molecule has 0 aliphatic rings. The van der Waals surface area contributed by atoms with Crippen molar-refractivity contribution in [1.29, 1.82) is 0 Å². The van der Waals surface area contributed by atoms with Gasteiger partial charge in [0.2, 0.25) is 0 Å². The van der Waals surface area contributed by atoms with Crippen LogP contribution in [0, 0.1) is 3.57 Å². The van der Waals surface area contributed by atoms with Gasteiger partial charge in [-0.15, -0.1) is 0 Å². The first-order chi connectivity index (χ1) is 16.4. The molecule has 3 aromatic carbocycles. The molecule has 0 spiro atoms. The van der Waals surface area contributed by atoms with Crippen LogP contribution >= 0.6 is 22.6 Å². The Morgan fingerprint density at radius 3 is 2.56 bits per heavy atom. The third kappa shape index (κ3) is 5.51. The zero-order valence-corrected chi connectivity index (χ0v) is 20.8. The lowest BCUT2D eigenvalue weighted by molar-refractivity contribution is -0.149. The van der Waals surface area contributed by atoms with Crippen molar-refractivity contribution in [1.82, 2.24) is 9.66 Å². The summed E-state index contributed by atoms with van der Waals surface area (Å²) in [5.41, 5.74) is 1.92. The van der Waals surface area contributed by atoms with Crippen molar-refractivity contribution in [2.24, 2.45) is 5.10 Å². The van der Waals surface area contributed by atoms with Crippen LogP contribution in [-0.2, 0) is 9.53 Å². The van der Waals surface area contributed by atoms with Crippen LogP contribution in [0.2, 0.25) is 0 Å². The van der Waals surface area contributed by atoms with Crippen LogP contribution in [0.15, 0.2) is 82.7 Å². The van der Waals surface area contributed by atoms with Crippen molar-refractivity contribution in [2.45, 2.75) is 20.0 Å². The van der Waals surface area contributed by atoms with Crippen LogP contribution in [0.1, 0.15) is 19.4 Å². The van der Waals surface area contributed by atoms with E-state index in [4.69, 9.17) is 14.5 Å². The lowest BCUT2D eigenvalue weighted by Gasteiger charge is -2.11. The minimum atomic E-state index is -0.423. The van der Waals surface area contributed by atoms with Crippen molar-refractivity contribution < 1.29 is 14.3 Å². The van der Waals surface area contributed by atoms with Gasteiger partial charge in [0.15, 0.2) is 12.4 Å². The van der Waals surface area contributed by atoms with Gasteiger partial charge in [0.05, 0.1) is 26.8 Å². The molecule has 172 valence electrons. The van der Waals surface area contributed by atoms with E-state index < -0.39 is 5.97 Å². The number of esters is 1. The van der Waals surface area contributed by atoms with E-state index >= 15 is 0 Å². The number of halogens is 1. The van der Waals surface area contributed by atoms with Crippen molar-refractivity contribution in [3.05, 3.63) is 92.3 Å². The predicted octanol–water partition coefficient (Wildman–Crippen LogP) is 4.88. The quantitative estimate of drug-likeness (QED) is 0.181. The summed E-state index contributed by atoms with van der Waals surface area (Å²) in [5, 5.41) is 4.97. The molecule has 0 fully saturated rings. The number of hydrogen-bond acceptors (Lipinski definition) is 6. The number of aromatic nitrogens is 2. The summed E-state index contributed by atoms with van der Waals surface area (Å²) < 4.78 is 12.8. The Bertz CT molecular complexity index is 1410. The maximum atomic E-state index is 13.2. The zero-order chi connectivity index (χ0) is 24.1. The van der Waals surface area contributed by atoms with Crippen LogP contribution in [0.5, 0.6) is 5.75 Å². The van der Waals surface area contributed by atoms with Gasteiger partial charge in [0, 0.05) is 5.56 Å². The van der Waals surface area contributed by atoms with Gasteiger partial charge in [0.25, 0.3) is 5.56 Å². The normalized spacial score (nSPS) is 11.3. The number of carbonyl (C=O) groups excluding carboxylic acids is 1. The van der Waals surface area contributed by atoms with E-state index in [-0.39, 0.29) is 18.3 Å². The highest BCUT2D eigenvalue weighted by Crippen LogP contribution is 2.22. The molecule has 0 radical (unpaired) electrons. The molecule has 7 nitrogen and oxygen atoms in total. The number of ether oxygens (including phenoxy) is 2. The Morgan fingerprint density at radius 2 is 1.82 bits per heavy atom. The molecule has 0 aliphatic carbocycles. The molecule has 8 heteroatoms. The van der Waals surface area contributed by atoms with Gasteiger partial charge in [-0.2, -0.15) is 9.78 Å². The molecule has 0 bridgehead atoms. The third-order valence-electron chi connectivity index (χ3n) is 4.78. The standard InChI is InChI=1S/C26H22IN3O4/c1-17(2)34-24(31)16-33-23-13-12-18(14-21(23)27)15-28-30-25(19-8-4-3-5-9-19)29-22-11-7-6-10-20(22)26(30)32/h3-15,17H,16H2,1-2H3. The van der Waals surface area contributed by atoms with Gasteiger partial charge < -0.3 is 9.47 Å². The van der Waals surface area contributed by atoms with Gasteiger partial charge in [-0.3, -0.25) is 4.79 Å². The van der Waals surface area contributed by atoms with Crippen LogP contribution < -0.4 is 10.3 Å². The average molecular weight is 567 g/mol. The van der Waals surface area contributed by atoms with Crippen molar-refractivity contribution >= 4 is 45.7 Å². The minimum absolute atomic E-state index is 0.166. The third-order valence-corrected chi connectivity index (χ3v) is 5.62. The second kappa shape index (κ2) is 10.6. The molecule has 0 aliphatic heterocycles. The highest BCUT2D eigenvalue weighted by molar-refractivity contribution is 14.1. The van der Waals surface area contributed by atoms with Gasteiger partial charge in [-0.1, -0.05) is 42.5 Å². The van der Waals surface area contributed by atoms with Crippen LogP contribution in [0.4, 0.5) is 0 Å². The number of nitrogens with zero attached hydrogens (tertiary/aromatic N) is 3. The Hall–Kier alpha value is -3.53. The second-order valence-electron chi connectivity index (χ2n) is 7.70. The molecule has 4 aromatic rings. The van der Waals surface area contributed by atoms with Gasteiger partial charge >= 0.3 is 5.97 Å². The summed E-state index contributed by atoms with van der Waals surface area (Å²) >= 11 is 2.13. The smallest absolute Gasteiger partial charge is 0.344 e. The van der Waals surface area contributed by atoms with Gasteiger partial charge in [0.1, 0.15) is 5.75 Å². The maximum absolute atomic E-state index is 13.2. The fraction of sp³-hybridized carbons (Fsp3) is 0.154. The first-order valence-electron chi connectivity index (χ1n) is 10.7. The summed E-state index contributed by atoms with van der Waals surface area (Å²) in [6.45, 7) is 3.41. The van der Waals surface area contributed by atoms with E-state index in [0.29, 0.717) is 22.5 Å². The molecule has 0 amide bonds. The fourth-order valence-electron chi connectivity index (χ4n) is 3.28. The second-order valence-corrected chi connectivity index (χ2v) is 8.86. The lowest BCUT2D eigenvalue weighted by atomic mass is 10.2. The van der Waals surface area contributed by atoms with Gasteiger partial charge in [-0.25, -0.2) is 9.78 Å². The predicted molar refractivity (Wildman–Crippen MR) is 140 cm³/mol. The van der Waals surface area contributed by atoms with Crippen LogP contribution in [0.3, 0.4) is 0 Å². The molecular weight excluding hydrogens is 545 g/mol. The van der Waals surface area contributed by atoms with Gasteiger partial charge in [-0.05, 0) is 72.3 Å². The maximum Gasteiger partial charge on any atom is 0.344 e. The van der Waals surface area contributed by atoms with E-state index in [2.05, 4.69) is 27.7 Å². The first kappa shape index (κ1) is 23.6. The zero-order valence-electron chi connectivity index (χ0n) is 18.6. The number of benzene rings is 3. The summed E-state index contributed by atoms with van der Waals surface area (Å²) in [4.78, 5) is 29.7. The molecule has 1 aromatic heterocycles. The number of carbonyl (C=O) groups is 1. The highest BCUT2D eigenvalue weighted by Gasteiger charge is 2.12. The monoisotopic (exact) mass is 567 g/mol. The van der Waals surface area contributed by atoms with Crippen LogP contribution in [0.25, 0.3) is 22.3 Å². The van der Waals surface area contributed by atoms with Crippen molar-refractivity contribution in [2.75, 3.05) is 6.61 Å². The molecule has 1 heterocycles. The molecule has 4 rings (SSSR count). The number of fused-ring (bicyclic) bond motifs is 1. The van der Waals surface area contributed by atoms with E-state index in [9.17, 15) is 9.59 Å². The van der Waals surface area contributed by atoms with E-state index in [1.165, 1.54) is 4.68 Å². The van der Waals surface area contributed by atoms with Crippen LogP contribution in [-0.4, -0.2) is 34.6 Å². The first-order valence-corrected chi connectivity index (χ1v) is 11.7. The Kier molecular flexibility index (Phi) is 7.36. The highest BCUT2D eigenvalue weighted by atomic mass is 127. The SMILES string of the molecule is CC(C)OC(=O)COc1ccc(C=Nn2c(-c3ccccc3)nc3ccccc3c2=O)cc1I. The van der Waals surface area contributed by atoms with Crippen molar-refractivity contribution in [3.8, 4) is 17.1 Å². The number of hydrogen-bond donors (Lipinski definition) is 0. The Morgan fingerprint density at radius 1 is 1.09 bits per heavy atom. The molecule has 0 atom stereocenters. The number of rotatable bonds is 7. The molecule has 0 unspecified atom stereocenters. The number of para-hydroxylation sites is 1. The topological polar surface area (TPSA) is 82.8 Å². The fourth-order valence-corrected chi connectivity index (χ4v) is 3.97. The molecule has 34 heavy (non-hydrogen) atoms. The summed E-state index contributed by atoms with van der Waals surface area (Å²) in [6, 6.07) is 22.1. The summed E-state index contributed by atoms with van der Waals surface area (Å²) in [5.74, 6) is 0.597. The largest absolute Gasteiger partial charge is 0.481 e. The van der Waals surface area contributed by atoms with E-state index in [0.717, 1.165) is 14.7 Å². The summed E-state index contributed by atoms with van der Waals surface area (Å²) in [6.07, 6.45) is 1.41. The minimum Gasteiger partial charge on any atom is -0.481 e. The molecule has 0 N–H and O–H groups in total. The Balaban J connectivity index is 1.65. The van der Waals surface area contributed by atoms with Crippen molar-refractivity contribution in [3.63, 3.8) is 0 Å². The summed E-state index contributed by atoms with van der Waals surface area (Å²) in [7, 11) is 0. The average Bonchev–Trinajstić information content (AvgIpc) is 2.83.